The van der Waals surface area contributed by atoms with E-state index in [9.17, 15) is 0 Å². The Morgan fingerprint density at radius 1 is 1.47 bits per heavy atom. The molecule has 86 valence electrons. The molecule has 15 heavy (non-hydrogen) atoms. The van der Waals surface area contributed by atoms with Gasteiger partial charge in [-0.25, -0.2) is 0 Å². The summed E-state index contributed by atoms with van der Waals surface area (Å²) in [5, 5.41) is 0. The standard InChI is InChI=1S/C10H18Br2SeSi2/c1-14(2,3)5-6-15(4)9(12)8-13-10(15)7-11/h7-8H,5-6H2,1-4H3/b10-7+. The van der Waals surface area contributed by atoms with Gasteiger partial charge in [-0.3, -0.25) is 0 Å². The Kier molecular flexibility index (Phi) is 5.16. The van der Waals surface area contributed by atoms with E-state index < -0.39 is 16.1 Å². The molecule has 0 spiro atoms. The number of hydrogen-bond acceptors (Lipinski definition) is 0. The summed E-state index contributed by atoms with van der Waals surface area (Å²) in [6.45, 7) is 9.93. The summed E-state index contributed by atoms with van der Waals surface area (Å²) in [4.78, 5) is 4.63. The normalized spacial score (nSPS) is 29.7. The van der Waals surface area contributed by atoms with Gasteiger partial charge in [0.1, 0.15) is 0 Å². The monoisotopic (exact) mass is 432 g/mol. The van der Waals surface area contributed by atoms with Crippen LogP contribution in [0.4, 0.5) is 0 Å². The molecule has 1 aliphatic heterocycles. The van der Waals surface area contributed by atoms with Gasteiger partial charge >= 0.3 is 119 Å². The van der Waals surface area contributed by atoms with Crippen LogP contribution in [0.5, 0.6) is 0 Å². The van der Waals surface area contributed by atoms with Crippen LogP contribution >= 0.6 is 31.9 Å². The molecule has 0 aliphatic carbocycles. The molecule has 1 unspecified atom stereocenters. The molecule has 1 atom stereocenters. The fourth-order valence-electron chi connectivity index (χ4n) is 1.51. The summed E-state index contributed by atoms with van der Waals surface area (Å²) in [5.74, 6) is 0. The van der Waals surface area contributed by atoms with E-state index in [4.69, 9.17) is 0 Å². The molecule has 0 bridgehead atoms. The summed E-state index contributed by atoms with van der Waals surface area (Å²) in [6.07, 6.45) is 0. The summed E-state index contributed by atoms with van der Waals surface area (Å²) in [7, 11) is -2.17. The van der Waals surface area contributed by atoms with E-state index in [0.717, 1.165) is 0 Å². The summed E-state index contributed by atoms with van der Waals surface area (Å²) < 4.78 is 3.25. The van der Waals surface area contributed by atoms with E-state index in [-0.39, 0.29) is 0 Å². The Balaban J connectivity index is 2.77. The van der Waals surface area contributed by atoms with E-state index in [1.165, 1.54) is 12.1 Å². The molecular weight excluding hydrogens is 415 g/mol. The van der Waals surface area contributed by atoms with E-state index in [2.05, 4.69) is 68.0 Å². The van der Waals surface area contributed by atoms with Crippen LogP contribution in [0.2, 0.25) is 38.3 Å². The van der Waals surface area contributed by atoms with E-state index in [1.54, 1.807) is 8.20 Å². The Labute approximate surface area is 118 Å². The Morgan fingerprint density at radius 2 is 2.07 bits per heavy atom. The van der Waals surface area contributed by atoms with Crippen molar-refractivity contribution in [3.8, 4) is 0 Å². The fraction of sp³-hybridized carbons (Fsp3) is 0.600. The summed E-state index contributed by atoms with van der Waals surface area (Å²) >= 11 is 7.95. The van der Waals surface area contributed by atoms with E-state index in [1.807, 2.05) is 0 Å². The van der Waals surface area contributed by atoms with Gasteiger partial charge in [-0.2, -0.15) is 0 Å². The predicted molar refractivity (Wildman–Crippen MR) is 84.4 cm³/mol. The third-order valence-electron chi connectivity index (χ3n) is 2.83. The molecule has 0 aromatic heterocycles. The SMILES string of the molecule is C[Si](C)(C)CC[Si]1(C)C(Br)=C[Se]/C1=C\Br. The first-order valence-electron chi connectivity index (χ1n) is 5.13. The average molecular weight is 433 g/mol. The zero-order valence-electron chi connectivity index (χ0n) is 9.73. The third-order valence-corrected chi connectivity index (χ3v) is 19.3. The van der Waals surface area contributed by atoms with Crippen molar-refractivity contribution in [3.05, 3.63) is 18.2 Å². The maximum atomic E-state index is 3.80. The molecule has 0 amide bonds. The zero-order valence-corrected chi connectivity index (χ0v) is 16.6. The van der Waals surface area contributed by atoms with Gasteiger partial charge in [0.25, 0.3) is 0 Å². The Morgan fingerprint density at radius 3 is 2.53 bits per heavy atom. The molecule has 0 radical (unpaired) electrons. The van der Waals surface area contributed by atoms with Crippen molar-refractivity contribution in [3.63, 3.8) is 0 Å². The molecule has 0 aromatic carbocycles. The van der Waals surface area contributed by atoms with Crippen LogP contribution in [-0.2, 0) is 0 Å². The van der Waals surface area contributed by atoms with Gasteiger partial charge in [-0.1, -0.05) is 0 Å². The molecule has 0 N–H and O–H groups in total. The van der Waals surface area contributed by atoms with Crippen molar-refractivity contribution in [2.24, 2.45) is 0 Å². The van der Waals surface area contributed by atoms with Crippen molar-refractivity contribution >= 4 is 63.0 Å². The first kappa shape index (κ1) is 14.5. The van der Waals surface area contributed by atoms with Crippen LogP contribution < -0.4 is 0 Å². The summed E-state index contributed by atoms with van der Waals surface area (Å²) in [5.41, 5.74) is 0. The van der Waals surface area contributed by atoms with Crippen LogP contribution in [-0.4, -0.2) is 31.1 Å². The predicted octanol–water partition coefficient (Wildman–Crippen LogP) is 4.67. The van der Waals surface area contributed by atoms with Crippen LogP contribution in [0.25, 0.3) is 0 Å². The van der Waals surface area contributed by atoms with Gasteiger partial charge < -0.3 is 0 Å². The molecular formula is C10H18Br2SeSi2. The van der Waals surface area contributed by atoms with Crippen molar-refractivity contribution in [1.29, 1.82) is 0 Å². The van der Waals surface area contributed by atoms with Crippen molar-refractivity contribution in [1.82, 2.24) is 0 Å². The second kappa shape index (κ2) is 5.36. The molecule has 0 saturated carbocycles. The molecule has 0 saturated heterocycles. The number of halogens is 2. The number of rotatable bonds is 3. The van der Waals surface area contributed by atoms with Gasteiger partial charge in [0.15, 0.2) is 0 Å². The fourth-order valence-corrected chi connectivity index (χ4v) is 18.5. The van der Waals surface area contributed by atoms with E-state index >= 15 is 0 Å². The van der Waals surface area contributed by atoms with Crippen LogP contribution in [0.3, 0.4) is 0 Å². The molecule has 1 rings (SSSR count). The quantitative estimate of drug-likeness (QED) is 0.568. The van der Waals surface area contributed by atoms with E-state index in [0.29, 0.717) is 15.0 Å². The minimum absolute atomic E-state index is 0.600. The average Bonchev–Trinajstić information content (AvgIpc) is 2.40. The molecule has 1 aliphatic rings. The van der Waals surface area contributed by atoms with Crippen LogP contribution in [0, 0.1) is 0 Å². The Hall–Kier alpha value is 1.39. The van der Waals surface area contributed by atoms with Gasteiger partial charge in [0.2, 0.25) is 0 Å². The Bertz CT molecular complexity index is 307. The van der Waals surface area contributed by atoms with Crippen molar-refractivity contribution in [2.45, 2.75) is 38.3 Å². The summed E-state index contributed by atoms with van der Waals surface area (Å²) in [6, 6.07) is 2.89. The molecule has 0 nitrogen and oxygen atoms in total. The molecule has 1 heterocycles. The molecule has 5 heteroatoms. The van der Waals surface area contributed by atoms with Gasteiger partial charge in [0, 0.05) is 0 Å². The first-order chi connectivity index (χ1) is 6.79. The first-order valence-corrected chi connectivity index (χ1v) is 15.1. The van der Waals surface area contributed by atoms with Crippen molar-refractivity contribution in [2.75, 3.05) is 0 Å². The molecule has 0 aromatic rings. The second-order valence-electron chi connectivity index (χ2n) is 5.45. The van der Waals surface area contributed by atoms with Gasteiger partial charge in [-0.05, 0) is 0 Å². The minimum atomic E-state index is -1.27. The maximum absolute atomic E-state index is 3.80. The molecule has 0 fully saturated rings. The van der Waals surface area contributed by atoms with Gasteiger partial charge in [-0.15, -0.1) is 0 Å². The van der Waals surface area contributed by atoms with Crippen LogP contribution in [0.15, 0.2) is 18.2 Å². The third kappa shape index (κ3) is 3.68. The van der Waals surface area contributed by atoms with Gasteiger partial charge in [0.05, 0.1) is 0 Å². The van der Waals surface area contributed by atoms with Crippen LogP contribution in [0.1, 0.15) is 0 Å². The topological polar surface area (TPSA) is 0 Å². The van der Waals surface area contributed by atoms with Crippen molar-refractivity contribution < 1.29 is 0 Å². The number of hydrogen-bond donors (Lipinski definition) is 0. The zero-order chi connectivity index (χ0) is 11.7. The second-order valence-corrected chi connectivity index (χ2v) is 20.1.